The van der Waals surface area contributed by atoms with E-state index >= 15 is 0 Å². The summed E-state index contributed by atoms with van der Waals surface area (Å²) >= 11 is 3.30. The number of carbonyl (C=O) groups is 2. The van der Waals surface area contributed by atoms with Crippen molar-refractivity contribution in [3.05, 3.63) is 58.6 Å². The molecular weight excluding hydrogens is 320 g/mol. The van der Waals surface area contributed by atoms with Crippen LogP contribution in [0.1, 0.15) is 5.56 Å². The molecule has 0 fully saturated rings. The predicted molar refractivity (Wildman–Crippen MR) is 82.6 cm³/mol. The normalized spacial score (nSPS) is 9.90. The van der Waals surface area contributed by atoms with Crippen LogP contribution in [0, 0.1) is 6.92 Å². The second kappa shape index (κ2) is 6.34. The molecule has 0 unspecified atom stereocenters. The van der Waals surface area contributed by atoms with Gasteiger partial charge in [0, 0.05) is 15.8 Å². The highest BCUT2D eigenvalue weighted by atomic mass is 79.9. The van der Waals surface area contributed by atoms with Gasteiger partial charge in [-0.1, -0.05) is 40.2 Å². The third-order valence-electron chi connectivity index (χ3n) is 2.68. The van der Waals surface area contributed by atoms with Crippen LogP contribution in [0.5, 0.6) is 0 Å². The summed E-state index contributed by atoms with van der Waals surface area (Å²) in [7, 11) is 0. The van der Waals surface area contributed by atoms with Crippen molar-refractivity contribution in [2.75, 3.05) is 10.6 Å². The fourth-order valence-electron chi connectivity index (χ4n) is 1.65. The molecule has 0 atom stereocenters. The summed E-state index contributed by atoms with van der Waals surface area (Å²) in [6, 6.07) is 14.3. The van der Waals surface area contributed by atoms with Crippen molar-refractivity contribution in [3.63, 3.8) is 0 Å². The molecule has 0 saturated carbocycles. The molecule has 0 radical (unpaired) electrons. The Morgan fingerprint density at radius 3 is 2.35 bits per heavy atom. The SMILES string of the molecule is Cc1ccccc1NC(=O)C(=O)Nc1cccc(Br)c1. The second-order valence-electron chi connectivity index (χ2n) is 4.23. The number of nitrogens with one attached hydrogen (secondary N) is 2. The minimum atomic E-state index is -0.702. The third-order valence-corrected chi connectivity index (χ3v) is 3.18. The van der Waals surface area contributed by atoms with E-state index in [1.165, 1.54) is 0 Å². The van der Waals surface area contributed by atoms with Gasteiger partial charge in [-0.05, 0) is 36.8 Å². The molecule has 0 saturated heterocycles. The van der Waals surface area contributed by atoms with Crippen LogP contribution in [0.2, 0.25) is 0 Å². The number of carbonyl (C=O) groups excluding carboxylic acids is 2. The van der Waals surface area contributed by atoms with Crippen molar-refractivity contribution < 1.29 is 9.59 Å². The van der Waals surface area contributed by atoms with Gasteiger partial charge >= 0.3 is 11.8 Å². The molecule has 0 aliphatic heterocycles. The zero-order chi connectivity index (χ0) is 14.5. The molecule has 2 N–H and O–H groups in total. The van der Waals surface area contributed by atoms with E-state index in [4.69, 9.17) is 0 Å². The van der Waals surface area contributed by atoms with E-state index < -0.39 is 11.8 Å². The van der Waals surface area contributed by atoms with Gasteiger partial charge in [-0.2, -0.15) is 0 Å². The quantitative estimate of drug-likeness (QED) is 0.828. The number of hydrogen-bond donors (Lipinski definition) is 2. The Balaban J connectivity index is 2.03. The van der Waals surface area contributed by atoms with Crippen LogP contribution >= 0.6 is 15.9 Å². The molecule has 2 amide bonds. The van der Waals surface area contributed by atoms with Crippen molar-refractivity contribution in [3.8, 4) is 0 Å². The fraction of sp³-hybridized carbons (Fsp3) is 0.0667. The molecule has 20 heavy (non-hydrogen) atoms. The van der Waals surface area contributed by atoms with E-state index in [1.807, 2.05) is 25.1 Å². The van der Waals surface area contributed by atoms with E-state index in [1.54, 1.807) is 30.3 Å². The lowest BCUT2D eigenvalue weighted by Gasteiger charge is -2.08. The third kappa shape index (κ3) is 3.68. The summed E-state index contributed by atoms with van der Waals surface area (Å²) in [5, 5.41) is 5.12. The number of amides is 2. The van der Waals surface area contributed by atoms with E-state index in [0.717, 1.165) is 10.0 Å². The lowest BCUT2D eigenvalue weighted by atomic mass is 10.2. The Hall–Kier alpha value is -2.14. The van der Waals surface area contributed by atoms with Crippen LogP contribution in [0.25, 0.3) is 0 Å². The summed E-state index contributed by atoms with van der Waals surface area (Å²) in [6.07, 6.45) is 0. The van der Waals surface area contributed by atoms with Gasteiger partial charge in [0.05, 0.1) is 0 Å². The number of benzene rings is 2. The Kier molecular flexibility index (Phi) is 4.53. The summed E-state index contributed by atoms with van der Waals surface area (Å²) in [5.41, 5.74) is 2.09. The first-order valence-electron chi connectivity index (χ1n) is 6.00. The molecule has 4 nitrogen and oxygen atoms in total. The van der Waals surface area contributed by atoms with E-state index in [2.05, 4.69) is 26.6 Å². The maximum atomic E-state index is 11.8. The zero-order valence-corrected chi connectivity index (χ0v) is 12.4. The van der Waals surface area contributed by atoms with Crippen LogP contribution in [-0.2, 0) is 9.59 Å². The lowest BCUT2D eigenvalue weighted by Crippen LogP contribution is -2.29. The average molecular weight is 333 g/mol. The smallest absolute Gasteiger partial charge is 0.314 e. The monoisotopic (exact) mass is 332 g/mol. The summed E-state index contributed by atoms with van der Waals surface area (Å²) in [5.74, 6) is -1.40. The molecule has 102 valence electrons. The first-order valence-corrected chi connectivity index (χ1v) is 6.79. The lowest BCUT2D eigenvalue weighted by molar-refractivity contribution is -0.133. The molecule has 0 aliphatic carbocycles. The largest absolute Gasteiger partial charge is 0.318 e. The maximum absolute atomic E-state index is 11.8. The van der Waals surface area contributed by atoms with Gasteiger partial charge in [0.2, 0.25) is 0 Å². The second-order valence-corrected chi connectivity index (χ2v) is 5.15. The van der Waals surface area contributed by atoms with Crippen molar-refractivity contribution in [2.45, 2.75) is 6.92 Å². The zero-order valence-electron chi connectivity index (χ0n) is 10.8. The summed E-state index contributed by atoms with van der Waals surface area (Å²) in [4.78, 5) is 23.6. The summed E-state index contributed by atoms with van der Waals surface area (Å²) < 4.78 is 0.828. The number of rotatable bonds is 2. The van der Waals surface area contributed by atoms with Gasteiger partial charge in [-0.15, -0.1) is 0 Å². The van der Waals surface area contributed by atoms with Crippen molar-refractivity contribution in [1.82, 2.24) is 0 Å². The molecule has 0 heterocycles. The first kappa shape index (κ1) is 14.3. The van der Waals surface area contributed by atoms with Gasteiger partial charge in [-0.3, -0.25) is 9.59 Å². The van der Waals surface area contributed by atoms with E-state index in [9.17, 15) is 9.59 Å². The number of halogens is 1. The number of para-hydroxylation sites is 1. The first-order chi connectivity index (χ1) is 9.56. The molecule has 5 heteroatoms. The van der Waals surface area contributed by atoms with Gasteiger partial charge in [0.15, 0.2) is 0 Å². The highest BCUT2D eigenvalue weighted by Gasteiger charge is 2.14. The minimum absolute atomic E-state index is 0.560. The molecule has 2 aromatic rings. The van der Waals surface area contributed by atoms with E-state index in [-0.39, 0.29) is 0 Å². The molecule has 0 aromatic heterocycles. The van der Waals surface area contributed by atoms with Crippen LogP contribution < -0.4 is 10.6 Å². The standard InChI is InChI=1S/C15H13BrN2O2/c1-10-5-2-3-8-13(10)18-15(20)14(19)17-12-7-4-6-11(16)9-12/h2-9H,1H3,(H,17,19)(H,18,20). The molecular formula is C15H13BrN2O2. The molecule has 0 aliphatic rings. The Bertz CT molecular complexity index is 656. The van der Waals surface area contributed by atoms with E-state index in [0.29, 0.717) is 11.4 Å². The number of anilines is 2. The molecule has 0 bridgehead atoms. The number of hydrogen-bond acceptors (Lipinski definition) is 2. The van der Waals surface area contributed by atoms with Crippen molar-refractivity contribution >= 4 is 39.1 Å². The van der Waals surface area contributed by atoms with Crippen LogP contribution in [0.15, 0.2) is 53.0 Å². The van der Waals surface area contributed by atoms with Gasteiger partial charge in [-0.25, -0.2) is 0 Å². The molecule has 2 aromatic carbocycles. The minimum Gasteiger partial charge on any atom is -0.318 e. The van der Waals surface area contributed by atoms with Crippen molar-refractivity contribution in [2.24, 2.45) is 0 Å². The Labute approximate surface area is 125 Å². The van der Waals surface area contributed by atoms with Crippen LogP contribution in [-0.4, -0.2) is 11.8 Å². The van der Waals surface area contributed by atoms with Crippen molar-refractivity contribution in [1.29, 1.82) is 0 Å². The van der Waals surface area contributed by atoms with Crippen LogP contribution in [0.3, 0.4) is 0 Å². The number of aryl methyl sites for hydroxylation is 1. The van der Waals surface area contributed by atoms with Gasteiger partial charge in [0.1, 0.15) is 0 Å². The maximum Gasteiger partial charge on any atom is 0.314 e. The highest BCUT2D eigenvalue weighted by molar-refractivity contribution is 9.10. The molecule has 2 rings (SSSR count). The van der Waals surface area contributed by atoms with Gasteiger partial charge in [0.25, 0.3) is 0 Å². The fourth-order valence-corrected chi connectivity index (χ4v) is 2.05. The Morgan fingerprint density at radius 2 is 1.65 bits per heavy atom. The highest BCUT2D eigenvalue weighted by Crippen LogP contribution is 2.16. The predicted octanol–water partition coefficient (Wildman–Crippen LogP) is 3.33. The van der Waals surface area contributed by atoms with Crippen LogP contribution in [0.4, 0.5) is 11.4 Å². The topological polar surface area (TPSA) is 58.2 Å². The summed E-state index contributed by atoms with van der Waals surface area (Å²) in [6.45, 7) is 1.86. The van der Waals surface area contributed by atoms with Gasteiger partial charge < -0.3 is 10.6 Å². The Morgan fingerprint density at radius 1 is 0.950 bits per heavy atom. The molecule has 0 spiro atoms. The average Bonchev–Trinajstić information content (AvgIpc) is 2.41.